The third-order valence-electron chi connectivity index (χ3n) is 6.09. The van der Waals surface area contributed by atoms with Crippen molar-refractivity contribution in [2.24, 2.45) is 5.92 Å². The van der Waals surface area contributed by atoms with Gasteiger partial charge in [-0.25, -0.2) is 0 Å². The Bertz CT molecular complexity index is 822. The first-order chi connectivity index (χ1) is 13.2. The van der Waals surface area contributed by atoms with E-state index in [1.165, 1.54) is 11.1 Å². The van der Waals surface area contributed by atoms with Crippen LogP contribution in [0.2, 0.25) is 5.02 Å². The van der Waals surface area contributed by atoms with E-state index in [9.17, 15) is 4.79 Å². The van der Waals surface area contributed by atoms with Gasteiger partial charge in [0.1, 0.15) is 0 Å². The van der Waals surface area contributed by atoms with Crippen molar-refractivity contribution >= 4 is 17.5 Å². The zero-order valence-corrected chi connectivity index (χ0v) is 16.6. The predicted molar refractivity (Wildman–Crippen MR) is 110 cm³/mol. The summed E-state index contributed by atoms with van der Waals surface area (Å²) in [5.41, 5.74) is 4.00. The van der Waals surface area contributed by atoms with Crippen LogP contribution in [0, 0.1) is 5.92 Å². The SMILES string of the molecule is CCC(CNC(=O)C1CC1c1ccccc1Cl)N1CCc2ccccc2C1. The molecule has 1 N–H and O–H groups in total. The fraction of sp³-hybridized carbons (Fsp3) is 0.435. The lowest BCUT2D eigenvalue weighted by Gasteiger charge is -2.35. The van der Waals surface area contributed by atoms with Gasteiger partial charge in [-0.15, -0.1) is 0 Å². The second-order valence-corrected chi connectivity index (χ2v) is 8.17. The lowest BCUT2D eigenvalue weighted by Crippen LogP contribution is -2.46. The second kappa shape index (κ2) is 8.04. The quantitative estimate of drug-likeness (QED) is 0.803. The van der Waals surface area contributed by atoms with Crippen LogP contribution in [0.5, 0.6) is 0 Å². The maximum absolute atomic E-state index is 12.6. The monoisotopic (exact) mass is 382 g/mol. The molecule has 3 atom stereocenters. The number of halogens is 1. The Hall–Kier alpha value is -1.84. The van der Waals surface area contributed by atoms with Crippen molar-refractivity contribution in [1.29, 1.82) is 0 Å². The average Bonchev–Trinajstić information content (AvgIpc) is 3.49. The largest absolute Gasteiger partial charge is 0.354 e. The molecule has 2 aromatic rings. The Morgan fingerprint density at radius 2 is 1.93 bits per heavy atom. The molecule has 1 aliphatic carbocycles. The van der Waals surface area contributed by atoms with Crippen molar-refractivity contribution in [2.75, 3.05) is 13.1 Å². The number of hydrogen-bond donors (Lipinski definition) is 1. The highest BCUT2D eigenvalue weighted by molar-refractivity contribution is 6.31. The van der Waals surface area contributed by atoms with E-state index >= 15 is 0 Å². The van der Waals surface area contributed by atoms with Gasteiger partial charge in [0.25, 0.3) is 0 Å². The molecule has 4 heteroatoms. The maximum atomic E-state index is 12.6. The van der Waals surface area contributed by atoms with E-state index in [2.05, 4.69) is 41.4 Å². The standard InChI is InChI=1S/C23H27ClN2O/c1-2-18(26-12-11-16-7-3-4-8-17(16)15-26)14-25-23(27)21-13-20(21)19-9-5-6-10-22(19)24/h3-10,18,20-21H,2,11-15H2,1H3,(H,25,27). The summed E-state index contributed by atoms with van der Waals surface area (Å²) in [6, 6.07) is 17.0. The van der Waals surface area contributed by atoms with E-state index in [-0.39, 0.29) is 17.7 Å². The van der Waals surface area contributed by atoms with Crippen LogP contribution < -0.4 is 5.32 Å². The number of hydrogen-bond acceptors (Lipinski definition) is 2. The summed E-state index contributed by atoms with van der Waals surface area (Å²) in [6.07, 6.45) is 3.04. The van der Waals surface area contributed by atoms with Crippen molar-refractivity contribution in [2.45, 2.75) is 44.7 Å². The minimum atomic E-state index is 0.0736. The molecule has 0 spiro atoms. The van der Waals surface area contributed by atoms with E-state index in [1.54, 1.807) is 0 Å². The maximum Gasteiger partial charge on any atom is 0.223 e. The van der Waals surface area contributed by atoms with E-state index in [1.807, 2.05) is 24.3 Å². The molecule has 0 radical (unpaired) electrons. The molecule has 1 aliphatic heterocycles. The summed E-state index contributed by atoms with van der Waals surface area (Å²) in [7, 11) is 0. The van der Waals surface area contributed by atoms with Crippen LogP contribution >= 0.6 is 11.6 Å². The minimum absolute atomic E-state index is 0.0736. The van der Waals surface area contributed by atoms with Crippen molar-refractivity contribution < 1.29 is 4.79 Å². The van der Waals surface area contributed by atoms with Crippen LogP contribution in [0.25, 0.3) is 0 Å². The van der Waals surface area contributed by atoms with Gasteiger partial charge >= 0.3 is 0 Å². The number of nitrogens with zero attached hydrogens (tertiary/aromatic N) is 1. The van der Waals surface area contributed by atoms with Crippen LogP contribution in [0.3, 0.4) is 0 Å². The zero-order valence-electron chi connectivity index (χ0n) is 15.8. The lowest BCUT2D eigenvalue weighted by molar-refractivity contribution is -0.122. The number of carbonyl (C=O) groups excluding carboxylic acids is 1. The topological polar surface area (TPSA) is 32.3 Å². The zero-order chi connectivity index (χ0) is 18.8. The number of fused-ring (bicyclic) bond motifs is 1. The first kappa shape index (κ1) is 18.5. The molecule has 142 valence electrons. The molecular weight excluding hydrogens is 356 g/mol. The molecular formula is C23H27ClN2O. The molecule has 2 aromatic carbocycles. The molecule has 0 aromatic heterocycles. The summed E-state index contributed by atoms with van der Waals surface area (Å²) >= 11 is 6.28. The number of amides is 1. The van der Waals surface area contributed by atoms with Crippen LogP contribution in [0.1, 0.15) is 42.4 Å². The fourth-order valence-corrected chi connectivity index (χ4v) is 4.59. The smallest absolute Gasteiger partial charge is 0.223 e. The van der Waals surface area contributed by atoms with Crippen molar-refractivity contribution in [3.8, 4) is 0 Å². The summed E-state index contributed by atoms with van der Waals surface area (Å²) in [5.74, 6) is 0.529. The first-order valence-electron chi connectivity index (χ1n) is 10.00. The molecule has 3 nitrogen and oxygen atoms in total. The van der Waals surface area contributed by atoms with Crippen LogP contribution in [0.4, 0.5) is 0 Å². The highest BCUT2D eigenvalue weighted by Crippen LogP contribution is 2.49. The predicted octanol–water partition coefficient (Wildman–Crippen LogP) is 4.40. The molecule has 1 amide bonds. The third kappa shape index (κ3) is 4.04. The van der Waals surface area contributed by atoms with Gasteiger partial charge in [-0.1, -0.05) is 61.0 Å². The normalized spacial score (nSPS) is 22.7. The molecule has 2 aliphatic rings. The third-order valence-corrected chi connectivity index (χ3v) is 6.44. The van der Waals surface area contributed by atoms with Gasteiger partial charge in [0.2, 0.25) is 5.91 Å². The van der Waals surface area contributed by atoms with Crippen LogP contribution in [-0.4, -0.2) is 29.9 Å². The van der Waals surface area contributed by atoms with Crippen molar-refractivity contribution in [1.82, 2.24) is 10.2 Å². The molecule has 1 fully saturated rings. The number of nitrogens with one attached hydrogen (secondary N) is 1. The molecule has 0 bridgehead atoms. The van der Waals surface area contributed by atoms with Crippen LogP contribution in [-0.2, 0) is 17.8 Å². The van der Waals surface area contributed by atoms with Gasteiger partial charge in [0.15, 0.2) is 0 Å². The lowest BCUT2D eigenvalue weighted by atomic mass is 9.98. The summed E-state index contributed by atoms with van der Waals surface area (Å²) in [6.45, 7) is 4.98. The molecule has 4 rings (SSSR count). The van der Waals surface area contributed by atoms with Gasteiger partial charge in [-0.3, -0.25) is 9.69 Å². The van der Waals surface area contributed by atoms with Gasteiger partial charge in [0, 0.05) is 36.6 Å². The van der Waals surface area contributed by atoms with E-state index < -0.39 is 0 Å². The van der Waals surface area contributed by atoms with Gasteiger partial charge in [-0.05, 0) is 47.9 Å². The Kier molecular flexibility index (Phi) is 5.51. The second-order valence-electron chi connectivity index (χ2n) is 7.77. The van der Waals surface area contributed by atoms with Gasteiger partial charge in [0.05, 0.1) is 0 Å². The molecule has 27 heavy (non-hydrogen) atoms. The van der Waals surface area contributed by atoms with E-state index in [0.717, 1.165) is 49.5 Å². The molecule has 1 heterocycles. The van der Waals surface area contributed by atoms with Gasteiger partial charge < -0.3 is 5.32 Å². The number of rotatable bonds is 6. The van der Waals surface area contributed by atoms with Crippen molar-refractivity contribution in [3.05, 3.63) is 70.2 Å². The minimum Gasteiger partial charge on any atom is -0.354 e. The first-order valence-corrected chi connectivity index (χ1v) is 10.4. The number of carbonyl (C=O) groups is 1. The average molecular weight is 383 g/mol. The summed E-state index contributed by atoms with van der Waals surface area (Å²) in [4.78, 5) is 15.1. The highest BCUT2D eigenvalue weighted by atomic mass is 35.5. The number of benzene rings is 2. The van der Waals surface area contributed by atoms with Crippen molar-refractivity contribution in [3.63, 3.8) is 0 Å². The van der Waals surface area contributed by atoms with Crippen LogP contribution in [0.15, 0.2) is 48.5 Å². The highest BCUT2D eigenvalue weighted by Gasteiger charge is 2.44. The fourth-order valence-electron chi connectivity index (χ4n) is 4.31. The Labute approximate surface area is 166 Å². The molecule has 1 saturated carbocycles. The Morgan fingerprint density at radius 1 is 1.19 bits per heavy atom. The Balaban J connectivity index is 1.32. The molecule has 0 saturated heterocycles. The van der Waals surface area contributed by atoms with E-state index in [4.69, 9.17) is 11.6 Å². The molecule has 3 unspecified atom stereocenters. The Morgan fingerprint density at radius 3 is 2.70 bits per heavy atom. The van der Waals surface area contributed by atoms with Gasteiger partial charge in [-0.2, -0.15) is 0 Å². The summed E-state index contributed by atoms with van der Waals surface area (Å²) < 4.78 is 0. The summed E-state index contributed by atoms with van der Waals surface area (Å²) in [5, 5.41) is 3.99. The van der Waals surface area contributed by atoms with E-state index in [0.29, 0.717) is 6.04 Å².